The highest BCUT2D eigenvalue weighted by molar-refractivity contribution is 5.82. The van der Waals surface area contributed by atoms with Crippen molar-refractivity contribution in [3.8, 4) is 0 Å². The van der Waals surface area contributed by atoms with Gasteiger partial charge < -0.3 is 14.6 Å². The van der Waals surface area contributed by atoms with Gasteiger partial charge >= 0.3 is 5.97 Å². The number of ether oxygens (including phenoxy) is 2. The maximum absolute atomic E-state index is 11.1. The largest absolute Gasteiger partial charge is 0.494 e. The number of aliphatic hydroxyl groups is 1. The van der Waals surface area contributed by atoms with Crippen LogP contribution in [0, 0.1) is 0 Å². The van der Waals surface area contributed by atoms with E-state index in [1.807, 2.05) is 6.92 Å². The minimum Gasteiger partial charge on any atom is -0.494 e. The number of rotatable bonds is 6. The number of esters is 1. The second-order valence-electron chi connectivity index (χ2n) is 2.83. The summed E-state index contributed by atoms with van der Waals surface area (Å²) in [4.78, 5) is 11.1. The van der Waals surface area contributed by atoms with E-state index >= 15 is 0 Å². The van der Waals surface area contributed by atoms with E-state index in [4.69, 9.17) is 14.6 Å². The number of hydrogen-bond acceptors (Lipinski definition) is 4. The minimum atomic E-state index is -0.573. The maximum atomic E-state index is 11.1. The van der Waals surface area contributed by atoms with Gasteiger partial charge in [-0.2, -0.15) is 0 Å². The summed E-state index contributed by atoms with van der Waals surface area (Å²) < 4.78 is 9.91. The van der Waals surface area contributed by atoms with Crippen molar-refractivity contribution in [3.63, 3.8) is 0 Å². The molecule has 86 valence electrons. The van der Waals surface area contributed by atoms with Gasteiger partial charge in [0.25, 0.3) is 0 Å². The van der Waals surface area contributed by atoms with E-state index in [-0.39, 0.29) is 0 Å². The zero-order valence-electron chi connectivity index (χ0n) is 9.40. The monoisotopic (exact) mass is 214 g/mol. The Morgan fingerprint density at radius 2 is 1.93 bits per heavy atom. The van der Waals surface area contributed by atoms with Gasteiger partial charge in [-0.05, 0) is 26.8 Å². The highest BCUT2D eigenvalue weighted by atomic mass is 16.5. The van der Waals surface area contributed by atoms with Crippen molar-refractivity contribution in [2.45, 2.75) is 26.9 Å². The summed E-state index contributed by atoms with van der Waals surface area (Å²) in [6.45, 7) is 5.95. The molecule has 0 saturated carbocycles. The molecule has 1 unspecified atom stereocenters. The quantitative estimate of drug-likeness (QED) is 0.314. The zero-order valence-corrected chi connectivity index (χ0v) is 9.40. The molecule has 0 aliphatic carbocycles. The number of allylic oxidation sites excluding steroid dienone is 1. The Labute approximate surface area is 90.2 Å². The standard InChI is InChI=1S/C11H18O4/c1-4-14-10(7-6-9(3)12)8-11(13)15-5-2/h6-9,12H,4-5H2,1-3H3/b7-6+,10-8+. The number of hydrogen-bond donors (Lipinski definition) is 1. The van der Waals surface area contributed by atoms with Crippen molar-refractivity contribution in [2.75, 3.05) is 13.2 Å². The van der Waals surface area contributed by atoms with Crippen molar-refractivity contribution in [2.24, 2.45) is 0 Å². The topological polar surface area (TPSA) is 55.8 Å². The van der Waals surface area contributed by atoms with Gasteiger partial charge in [-0.3, -0.25) is 0 Å². The van der Waals surface area contributed by atoms with E-state index in [2.05, 4.69) is 0 Å². The van der Waals surface area contributed by atoms with Crippen LogP contribution in [-0.2, 0) is 14.3 Å². The summed E-state index contributed by atoms with van der Waals surface area (Å²) in [7, 11) is 0. The van der Waals surface area contributed by atoms with E-state index < -0.39 is 12.1 Å². The lowest BCUT2D eigenvalue weighted by molar-refractivity contribution is -0.137. The van der Waals surface area contributed by atoms with Crippen LogP contribution < -0.4 is 0 Å². The number of carbonyl (C=O) groups is 1. The average molecular weight is 214 g/mol. The first kappa shape index (κ1) is 13.7. The Morgan fingerprint density at radius 3 is 2.40 bits per heavy atom. The van der Waals surface area contributed by atoms with E-state index in [9.17, 15) is 4.79 Å². The van der Waals surface area contributed by atoms with Crippen LogP contribution in [0.15, 0.2) is 24.0 Å². The van der Waals surface area contributed by atoms with E-state index in [1.54, 1.807) is 19.9 Å². The third-order valence-corrected chi connectivity index (χ3v) is 1.40. The molecule has 0 aromatic heterocycles. The van der Waals surface area contributed by atoms with Gasteiger partial charge in [0.1, 0.15) is 5.76 Å². The SMILES string of the molecule is CCOC(=O)/C=C(\C=C\C(C)O)OCC. The van der Waals surface area contributed by atoms with Crippen LogP contribution in [0.2, 0.25) is 0 Å². The molecule has 15 heavy (non-hydrogen) atoms. The summed E-state index contributed by atoms with van der Waals surface area (Å²) in [5, 5.41) is 9.02. The van der Waals surface area contributed by atoms with Gasteiger partial charge in [0.2, 0.25) is 0 Å². The lowest BCUT2D eigenvalue weighted by atomic mass is 10.3. The first-order valence-electron chi connectivity index (χ1n) is 4.97. The Morgan fingerprint density at radius 1 is 1.33 bits per heavy atom. The fourth-order valence-corrected chi connectivity index (χ4v) is 0.839. The molecule has 0 aliphatic heterocycles. The molecule has 0 aromatic rings. The summed E-state index contributed by atoms with van der Waals surface area (Å²) >= 11 is 0. The number of carbonyl (C=O) groups excluding carboxylic acids is 1. The summed E-state index contributed by atoms with van der Waals surface area (Å²) in [6.07, 6.45) is 3.76. The van der Waals surface area contributed by atoms with Crippen molar-refractivity contribution < 1.29 is 19.4 Å². The van der Waals surface area contributed by atoms with Gasteiger partial charge in [0.05, 0.1) is 25.4 Å². The van der Waals surface area contributed by atoms with Crippen LogP contribution in [0.25, 0.3) is 0 Å². The first-order chi connectivity index (χ1) is 7.10. The molecular weight excluding hydrogens is 196 g/mol. The van der Waals surface area contributed by atoms with E-state index in [1.165, 1.54) is 12.2 Å². The van der Waals surface area contributed by atoms with Crippen LogP contribution in [0.4, 0.5) is 0 Å². The predicted octanol–water partition coefficient (Wildman–Crippen LogP) is 1.41. The first-order valence-corrected chi connectivity index (χ1v) is 4.97. The molecule has 0 aromatic carbocycles. The van der Waals surface area contributed by atoms with Gasteiger partial charge in [-0.15, -0.1) is 0 Å². The van der Waals surface area contributed by atoms with Crippen molar-refractivity contribution in [1.29, 1.82) is 0 Å². The summed E-state index contributed by atoms with van der Waals surface area (Å²) in [5.74, 6) is -0.0620. The van der Waals surface area contributed by atoms with E-state index in [0.29, 0.717) is 19.0 Å². The third-order valence-electron chi connectivity index (χ3n) is 1.40. The molecule has 0 rings (SSSR count). The van der Waals surface area contributed by atoms with Gasteiger partial charge in [0, 0.05) is 0 Å². The smallest absolute Gasteiger partial charge is 0.334 e. The molecule has 0 fully saturated rings. The maximum Gasteiger partial charge on any atom is 0.334 e. The Bertz CT molecular complexity index is 241. The molecule has 1 atom stereocenters. The Kier molecular flexibility index (Phi) is 7.36. The van der Waals surface area contributed by atoms with Crippen molar-refractivity contribution >= 4 is 5.97 Å². The Hall–Kier alpha value is -1.29. The molecule has 0 aliphatic rings. The molecule has 4 nitrogen and oxygen atoms in total. The average Bonchev–Trinajstić information content (AvgIpc) is 2.15. The molecular formula is C11H18O4. The normalized spacial score (nSPS) is 14.0. The van der Waals surface area contributed by atoms with Gasteiger partial charge in [0.15, 0.2) is 0 Å². The molecule has 0 bridgehead atoms. The predicted molar refractivity (Wildman–Crippen MR) is 57.2 cm³/mol. The molecule has 0 spiro atoms. The third kappa shape index (κ3) is 7.76. The molecule has 4 heteroatoms. The lowest BCUT2D eigenvalue weighted by Gasteiger charge is -2.04. The zero-order chi connectivity index (χ0) is 11.7. The highest BCUT2D eigenvalue weighted by Gasteiger charge is 2.00. The summed E-state index contributed by atoms with van der Waals surface area (Å²) in [6, 6.07) is 0. The van der Waals surface area contributed by atoms with Crippen LogP contribution in [0.3, 0.4) is 0 Å². The second-order valence-corrected chi connectivity index (χ2v) is 2.83. The minimum absolute atomic E-state index is 0.328. The van der Waals surface area contributed by atoms with Crippen molar-refractivity contribution in [1.82, 2.24) is 0 Å². The van der Waals surface area contributed by atoms with Crippen LogP contribution >= 0.6 is 0 Å². The van der Waals surface area contributed by atoms with Crippen LogP contribution in [-0.4, -0.2) is 30.4 Å². The van der Waals surface area contributed by atoms with Crippen LogP contribution in [0.1, 0.15) is 20.8 Å². The molecule has 0 amide bonds. The molecule has 1 N–H and O–H groups in total. The highest BCUT2D eigenvalue weighted by Crippen LogP contribution is 2.01. The second kappa shape index (κ2) is 8.05. The molecule has 0 radical (unpaired) electrons. The fraction of sp³-hybridized carbons (Fsp3) is 0.545. The van der Waals surface area contributed by atoms with Crippen molar-refractivity contribution in [3.05, 3.63) is 24.0 Å². The van der Waals surface area contributed by atoms with Gasteiger partial charge in [-0.25, -0.2) is 4.79 Å². The number of aliphatic hydroxyl groups excluding tert-OH is 1. The lowest BCUT2D eigenvalue weighted by Crippen LogP contribution is -2.02. The molecule has 0 heterocycles. The molecule has 0 saturated heterocycles. The van der Waals surface area contributed by atoms with Crippen LogP contribution in [0.5, 0.6) is 0 Å². The Balaban J connectivity index is 4.43. The summed E-state index contributed by atoms with van der Waals surface area (Å²) in [5.41, 5.74) is 0. The van der Waals surface area contributed by atoms with E-state index in [0.717, 1.165) is 0 Å². The van der Waals surface area contributed by atoms with Gasteiger partial charge in [-0.1, -0.05) is 6.08 Å². The fourth-order valence-electron chi connectivity index (χ4n) is 0.839.